The Morgan fingerprint density at radius 3 is 2.63 bits per heavy atom. The van der Waals surface area contributed by atoms with Gasteiger partial charge in [-0.15, -0.1) is 0 Å². The van der Waals surface area contributed by atoms with E-state index in [0.717, 1.165) is 71.2 Å². The summed E-state index contributed by atoms with van der Waals surface area (Å²) < 4.78 is 11.2. The fourth-order valence-corrected chi connectivity index (χ4v) is 6.29. The molecule has 4 aromatic rings. The smallest absolute Gasteiger partial charge is 0.231 e. The van der Waals surface area contributed by atoms with Crippen molar-refractivity contribution in [3.8, 4) is 11.5 Å². The van der Waals surface area contributed by atoms with Crippen molar-refractivity contribution in [3.05, 3.63) is 95.2 Å². The fraction of sp³-hybridized carbons (Fsp3) is 0.281. The number of hydrogen-bond donors (Lipinski definition) is 2. The second-order valence-electron chi connectivity index (χ2n) is 10.8. The lowest BCUT2D eigenvalue weighted by Gasteiger charge is -2.36. The van der Waals surface area contributed by atoms with Crippen LogP contribution in [0.4, 0.5) is 5.82 Å². The molecule has 0 aliphatic carbocycles. The molecule has 1 saturated heterocycles. The molecule has 9 nitrogen and oxygen atoms in total. The summed E-state index contributed by atoms with van der Waals surface area (Å²) in [5.74, 6) is 4.24. The van der Waals surface area contributed by atoms with E-state index in [-0.39, 0.29) is 12.8 Å². The Morgan fingerprint density at radius 1 is 1.02 bits per heavy atom. The van der Waals surface area contributed by atoms with Gasteiger partial charge in [0.2, 0.25) is 6.79 Å². The number of aromatic nitrogens is 2. The Labute approximate surface area is 238 Å². The number of piperazine rings is 1. The number of likely N-dealkylation sites (N-methyl/N-ethyl adjacent to an activating group) is 1. The highest BCUT2D eigenvalue weighted by atomic mass is 16.7. The monoisotopic (exact) mass is 548 g/mol. The van der Waals surface area contributed by atoms with Gasteiger partial charge in [-0.1, -0.05) is 48.5 Å². The highest BCUT2D eigenvalue weighted by Gasteiger charge is 2.39. The number of aromatic amines is 1. The third kappa shape index (κ3) is 4.49. The van der Waals surface area contributed by atoms with Gasteiger partial charge in [0.1, 0.15) is 11.5 Å². The second-order valence-corrected chi connectivity index (χ2v) is 10.8. The number of benzene rings is 3. The number of H-pyrrole nitrogens is 1. The van der Waals surface area contributed by atoms with Crippen molar-refractivity contribution in [2.24, 2.45) is 0 Å². The molecule has 0 radical (unpaired) electrons. The highest BCUT2D eigenvalue weighted by molar-refractivity contribution is 5.97. The number of nitrogens with zero attached hydrogens (tertiary/aromatic N) is 4. The number of anilines is 1. The van der Waals surface area contributed by atoms with E-state index in [9.17, 15) is 4.79 Å². The van der Waals surface area contributed by atoms with Gasteiger partial charge in [-0.25, -0.2) is 9.78 Å². The van der Waals surface area contributed by atoms with E-state index in [0.29, 0.717) is 24.5 Å². The van der Waals surface area contributed by atoms with Crippen molar-refractivity contribution in [2.45, 2.75) is 12.5 Å². The molecule has 208 valence electrons. The van der Waals surface area contributed by atoms with Gasteiger partial charge < -0.3 is 34.9 Å². The molecule has 0 amide bonds. The van der Waals surface area contributed by atoms with Crippen LogP contribution in [0.25, 0.3) is 16.3 Å². The van der Waals surface area contributed by atoms with Crippen molar-refractivity contribution in [1.29, 1.82) is 0 Å². The van der Waals surface area contributed by atoms with Crippen LogP contribution in [0.1, 0.15) is 22.9 Å². The maximum absolute atomic E-state index is 13.0. The van der Waals surface area contributed by atoms with Gasteiger partial charge in [-0.05, 0) is 47.5 Å². The maximum atomic E-state index is 13.0. The summed E-state index contributed by atoms with van der Waals surface area (Å²) in [4.78, 5) is 27.4. The predicted octanol–water partition coefficient (Wildman–Crippen LogP) is 3.85. The van der Waals surface area contributed by atoms with E-state index in [1.54, 1.807) is 6.33 Å². The number of fused-ring (bicyclic) bond motifs is 2. The van der Waals surface area contributed by atoms with Crippen molar-refractivity contribution in [2.75, 3.05) is 52.3 Å². The molecule has 1 fully saturated rings. The molecule has 3 aromatic carbocycles. The zero-order valence-corrected chi connectivity index (χ0v) is 23.0. The number of nitrogens with two attached hydrogens (primary N) is 1. The molecule has 4 heterocycles. The third-order valence-electron chi connectivity index (χ3n) is 8.43. The number of rotatable bonds is 6. The Balaban J connectivity index is 1.35. The molecular weight excluding hydrogens is 516 g/mol. The van der Waals surface area contributed by atoms with E-state index >= 15 is 0 Å². The van der Waals surface area contributed by atoms with Crippen LogP contribution < -0.4 is 15.2 Å². The van der Waals surface area contributed by atoms with Gasteiger partial charge in [0, 0.05) is 38.3 Å². The number of nitrogen functional groups attached to an aromatic ring is 1. The van der Waals surface area contributed by atoms with Crippen molar-refractivity contribution in [1.82, 2.24) is 24.7 Å². The standard InChI is InChI=1S/C32H32N6O3/c1-36-11-13-37(14-12-36)31-25(24-8-4-6-22-5-2-3-7-23(22)24)17-38(27(31)18-39)26(30-32(33)35-19-34-30)15-21-9-10-28-29(16-21)41-20-40-28/h2-10,16,19,26H,11-15,17,20,33H2,1H3,(H,34,35). The van der Waals surface area contributed by atoms with Crippen molar-refractivity contribution < 1.29 is 14.3 Å². The van der Waals surface area contributed by atoms with Gasteiger partial charge in [-0.3, -0.25) is 0 Å². The van der Waals surface area contributed by atoms with Gasteiger partial charge in [0.05, 0.1) is 23.8 Å². The van der Waals surface area contributed by atoms with Crippen molar-refractivity contribution >= 4 is 28.1 Å². The van der Waals surface area contributed by atoms with Crippen LogP contribution in [-0.4, -0.2) is 77.2 Å². The molecule has 9 heteroatoms. The maximum Gasteiger partial charge on any atom is 0.231 e. The quantitative estimate of drug-likeness (QED) is 0.351. The SMILES string of the molecule is CN1CCN(C2=C(c3cccc4ccccc34)CN(C(Cc3ccc4c(c3)OCO4)c3[nH]cnc3N)C2=C=O)CC1. The number of hydrogen-bond acceptors (Lipinski definition) is 8. The van der Waals surface area contributed by atoms with E-state index in [4.69, 9.17) is 15.2 Å². The summed E-state index contributed by atoms with van der Waals surface area (Å²) in [5, 5.41) is 2.33. The fourth-order valence-electron chi connectivity index (χ4n) is 6.29. The number of carbonyl (C=O) groups excluding carboxylic acids is 1. The molecule has 0 bridgehead atoms. The molecule has 0 spiro atoms. The molecule has 41 heavy (non-hydrogen) atoms. The van der Waals surface area contributed by atoms with Gasteiger partial charge in [0.25, 0.3) is 0 Å². The Morgan fingerprint density at radius 2 is 1.83 bits per heavy atom. The van der Waals surface area contributed by atoms with Crippen LogP contribution in [0.5, 0.6) is 11.5 Å². The zero-order valence-electron chi connectivity index (χ0n) is 23.0. The Hall–Kier alpha value is -4.72. The van der Waals surface area contributed by atoms with E-state index in [2.05, 4.69) is 80.1 Å². The van der Waals surface area contributed by atoms with Gasteiger partial charge in [0.15, 0.2) is 17.4 Å². The molecule has 0 saturated carbocycles. The lowest BCUT2D eigenvalue weighted by atomic mass is 9.97. The lowest BCUT2D eigenvalue weighted by Crippen LogP contribution is -2.44. The molecule has 1 atom stereocenters. The molecular formula is C32H32N6O3. The third-order valence-corrected chi connectivity index (χ3v) is 8.43. The number of ether oxygens (including phenoxy) is 2. The largest absolute Gasteiger partial charge is 0.454 e. The van der Waals surface area contributed by atoms with E-state index < -0.39 is 0 Å². The summed E-state index contributed by atoms with van der Waals surface area (Å²) in [6.07, 6.45) is 2.19. The van der Waals surface area contributed by atoms with Crippen LogP contribution >= 0.6 is 0 Å². The van der Waals surface area contributed by atoms with Crippen LogP contribution in [-0.2, 0) is 11.2 Å². The topological polar surface area (TPSA) is 99.9 Å². The summed E-state index contributed by atoms with van der Waals surface area (Å²) in [7, 11) is 2.14. The minimum Gasteiger partial charge on any atom is -0.454 e. The first kappa shape index (κ1) is 25.3. The Bertz CT molecular complexity index is 1690. The summed E-state index contributed by atoms with van der Waals surface area (Å²) in [5.41, 5.74) is 12.0. The summed E-state index contributed by atoms with van der Waals surface area (Å²) in [6.45, 7) is 4.26. The van der Waals surface area contributed by atoms with Gasteiger partial charge >= 0.3 is 0 Å². The summed E-state index contributed by atoms with van der Waals surface area (Å²) in [6, 6.07) is 20.5. The lowest BCUT2D eigenvalue weighted by molar-refractivity contribution is 0.174. The summed E-state index contributed by atoms with van der Waals surface area (Å²) >= 11 is 0. The molecule has 3 N–H and O–H groups in total. The minimum absolute atomic E-state index is 0.215. The van der Waals surface area contributed by atoms with Crippen LogP contribution in [0.3, 0.4) is 0 Å². The van der Waals surface area contributed by atoms with Crippen LogP contribution in [0.2, 0.25) is 0 Å². The average Bonchev–Trinajstić information content (AvgIpc) is 3.74. The number of imidazole rings is 1. The first-order chi connectivity index (χ1) is 20.1. The van der Waals surface area contributed by atoms with Crippen LogP contribution in [0, 0.1) is 0 Å². The molecule has 1 aromatic heterocycles. The molecule has 3 aliphatic rings. The minimum atomic E-state index is -0.288. The first-order valence-electron chi connectivity index (χ1n) is 13.9. The van der Waals surface area contributed by atoms with E-state index in [1.165, 1.54) is 5.39 Å². The first-order valence-corrected chi connectivity index (χ1v) is 13.9. The Kier molecular flexibility index (Phi) is 6.38. The average molecular weight is 549 g/mol. The van der Waals surface area contributed by atoms with Crippen LogP contribution in [0.15, 0.2) is 78.4 Å². The van der Waals surface area contributed by atoms with E-state index in [1.807, 2.05) is 18.2 Å². The second kappa shape index (κ2) is 10.4. The number of nitrogens with one attached hydrogen (secondary N) is 1. The van der Waals surface area contributed by atoms with Crippen molar-refractivity contribution in [3.63, 3.8) is 0 Å². The molecule has 7 rings (SSSR count). The normalized spacial score (nSPS) is 17.9. The predicted molar refractivity (Wildman–Crippen MR) is 158 cm³/mol. The zero-order chi connectivity index (χ0) is 27.9. The molecule has 1 unspecified atom stereocenters. The van der Waals surface area contributed by atoms with Gasteiger partial charge in [-0.2, -0.15) is 0 Å². The molecule has 3 aliphatic heterocycles. The highest BCUT2D eigenvalue weighted by Crippen LogP contribution is 2.44.